The Morgan fingerprint density at radius 3 is 2.65 bits per heavy atom. The Morgan fingerprint density at radius 1 is 1.30 bits per heavy atom. The third kappa shape index (κ3) is 2.80. The summed E-state index contributed by atoms with van der Waals surface area (Å²) in [6, 6.07) is 8.53. The van der Waals surface area contributed by atoms with Crippen LogP contribution in [0.1, 0.15) is 10.4 Å². The first kappa shape index (κ1) is 13.7. The number of ether oxygens (including phenoxy) is 1. The summed E-state index contributed by atoms with van der Waals surface area (Å²) in [5.74, 6) is -1.16. The van der Waals surface area contributed by atoms with Gasteiger partial charge in [-0.3, -0.25) is 0 Å². The molecule has 0 aromatic heterocycles. The summed E-state index contributed by atoms with van der Waals surface area (Å²) in [7, 11) is 1.43. The maximum absolute atomic E-state index is 13.1. The summed E-state index contributed by atoms with van der Waals surface area (Å²) in [4.78, 5) is 10.9. The lowest BCUT2D eigenvalue weighted by molar-refractivity contribution is 0.0698. The minimum absolute atomic E-state index is 0.0293. The second-order valence-electron chi connectivity index (χ2n) is 4.08. The van der Waals surface area contributed by atoms with Crippen molar-refractivity contribution in [3.8, 4) is 5.75 Å². The molecule has 0 fully saturated rings. The highest BCUT2D eigenvalue weighted by Gasteiger charge is 2.09. The summed E-state index contributed by atoms with van der Waals surface area (Å²) in [5.41, 5.74) is 6.96. The van der Waals surface area contributed by atoms with E-state index < -0.39 is 11.8 Å². The van der Waals surface area contributed by atoms with Crippen LogP contribution in [0.15, 0.2) is 36.4 Å². The predicted octanol–water partition coefficient (Wildman–Crippen LogP) is 2.86. The number of hydrogen-bond donors (Lipinski definition) is 3. The zero-order chi connectivity index (χ0) is 14.7. The summed E-state index contributed by atoms with van der Waals surface area (Å²) in [5, 5.41) is 11.9. The van der Waals surface area contributed by atoms with Crippen LogP contribution in [0.5, 0.6) is 5.75 Å². The molecule has 0 aliphatic rings. The molecule has 2 rings (SSSR count). The number of nitrogens with one attached hydrogen (secondary N) is 1. The van der Waals surface area contributed by atoms with E-state index in [0.717, 1.165) is 0 Å². The Bertz CT molecular complexity index is 659. The van der Waals surface area contributed by atoms with Crippen LogP contribution in [0.2, 0.25) is 0 Å². The number of methoxy groups -OCH3 is 1. The minimum atomic E-state index is -1.09. The lowest BCUT2D eigenvalue weighted by Gasteiger charge is -2.12. The van der Waals surface area contributed by atoms with Gasteiger partial charge in [0, 0.05) is 17.4 Å². The van der Waals surface area contributed by atoms with Crippen LogP contribution in [0, 0.1) is 5.82 Å². The Kier molecular flexibility index (Phi) is 3.74. The summed E-state index contributed by atoms with van der Waals surface area (Å²) in [6.45, 7) is 0. The highest BCUT2D eigenvalue weighted by molar-refractivity contribution is 5.94. The number of rotatable bonds is 4. The second-order valence-corrected chi connectivity index (χ2v) is 4.08. The van der Waals surface area contributed by atoms with Crippen molar-refractivity contribution in [3.63, 3.8) is 0 Å². The number of anilines is 3. The van der Waals surface area contributed by atoms with Crippen molar-refractivity contribution >= 4 is 23.0 Å². The maximum Gasteiger partial charge on any atom is 0.337 e. The maximum atomic E-state index is 13.1. The molecular weight excluding hydrogens is 263 g/mol. The molecule has 0 saturated heterocycles. The fourth-order valence-corrected chi connectivity index (χ4v) is 1.76. The second kappa shape index (κ2) is 5.48. The van der Waals surface area contributed by atoms with Crippen molar-refractivity contribution < 1.29 is 19.0 Å². The number of aromatic carboxylic acids is 1. The van der Waals surface area contributed by atoms with Gasteiger partial charge in [0.1, 0.15) is 11.6 Å². The standard InChI is InChI=1S/C14H13FN2O3/c1-20-13-6-8(15)2-5-12(13)17-9-3-4-10(14(18)19)11(16)7-9/h2-7,17H,16H2,1H3,(H,18,19). The van der Waals surface area contributed by atoms with Gasteiger partial charge in [0.15, 0.2) is 0 Å². The molecule has 2 aromatic carbocycles. The Hall–Kier alpha value is -2.76. The lowest BCUT2D eigenvalue weighted by Crippen LogP contribution is -2.03. The number of halogens is 1. The average molecular weight is 276 g/mol. The third-order valence-corrected chi connectivity index (χ3v) is 2.72. The van der Waals surface area contributed by atoms with Crippen LogP contribution in [0.3, 0.4) is 0 Å². The van der Waals surface area contributed by atoms with E-state index in [9.17, 15) is 9.18 Å². The molecule has 0 aliphatic carbocycles. The summed E-state index contributed by atoms with van der Waals surface area (Å²) in [6.07, 6.45) is 0. The predicted molar refractivity (Wildman–Crippen MR) is 74.0 cm³/mol. The molecule has 0 atom stereocenters. The van der Waals surface area contributed by atoms with Crippen LogP contribution in [-0.2, 0) is 0 Å². The van der Waals surface area contributed by atoms with Crippen molar-refractivity contribution in [1.29, 1.82) is 0 Å². The zero-order valence-electron chi connectivity index (χ0n) is 10.7. The molecule has 0 unspecified atom stereocenters. The fourth-order valence-electron chi connectivity index (χ4n) is 1.76. The molecule has 0 amide bonds. The molecule has 4 N–H and O–H groups in total. The summed E-state index contributed by atoms with van der Waals surface area (Å²) >= 11 is 0. The van der Waals surface area contributed by atoms with Crippen molar-refractivity contribution in [2.75, 3.05) is 18.2 Å². The molecule has 0 heterocycles. The number of benzene rings is 2. The Morgan fingerprint density at radius 2 is 2.05 bits per heavy atom. The molecule has 6 heteroatoms. The molecular formula is C14H13FN2O3. The fraction of sp³-hybridized carbons (Fsp3) is 0.0714. The van der Waals surface area contributed by atoms with E-state index in [-0.39, 0.29) is 11.3 Å². The van der Waals surface area contributed by atoms with Crippen LogP contribution in [-0.4, -0.2) is 18.2 Å². The number of hydrogen-bond acceptors (Lipinski definition) is 4. The molecule has 5 nitrogen and oxygen atoms in total. The third-order valence-electron chi connectivity index (χ3n) is 2.72. The molecule has 20 heavy (non-hydrogen) atoms. The van der Waals surface area contributed by atoms with Crippen molar-refractivity contribution in [2.45, 2.75) is 0 Å². The van der Waals surface area contributed by atoms with Gasteiger partial charge in [-0.1, -0.05) is 0 Å². The average Bonchev–Trinajstić information content (AvgIpc) is 2.40. The van der Waals surface area contributed by atoms with Crippen LogP contribution >= 0.6 is 0 Å². The summed E-state index contributed by atoms with van der Waals surface area (Å²) < 4.78 is 18.1. The first-order valence-electron chi connectivity index (χ1n) is 5.74. The number of carboxylic acids is 1. The molecule has 104 valence electrons. The first-order chi connectivity index (χ1) is 9.51. The Balaban J connectivity index is 2.31. The smallest absolute Gasteiger partial charge is 0.337 e. The van der Waals surface area contributed by atoms with Gasteiger partial charge >= 0.3 is 5.97 Å². The van der Waals surface area contributed by atoms with Crippen LogP contribution in [0.4, 0.5) is 21.5 Å². The monoisotopic (exact) mass is 276 g/mol. The van der Waals surface area contributed by atoms with E-state index in [0.29, 0.717) is 17.1 Å². The number of carbonyl (C=O) groups is 1. The van der Waals surface area contributed by atoms with Gasteiger partial charge in [0.05, 0.1) is 18.4 Å². The lowest BCUT2D eigenvalue weighted by atomic mass is 10.1. The van der Waals surface area contributed by atoms with E-state index in [1.165, 1.54) is 37.4 Å². The SMILES string of the molecule is COc1cc(F)ccc1Nc1ccc(C(=O)O)c(N)c1. The van der Waals surface area contributed by atoms with Gasteiger partial charge in [-0.25, -0.2) is 9.18 Å². The highest BCUT2D eigenvalue weighted by atomic mass is 19.1. The molecule has 0 saturated carbocycles. The first-order valence-corrected chi connectivity index (χ1v) is 5.74. The molecule has 0 aliphatic heterocycles. The van der Waals surface area contributed by atoms with Crippen molar-refractivity contribution in [1.82, 2.24) is 0 Å². The van der Waals surface area contributed by atoms with E-state index in [1.807, 2.05) is 0 Å². The largest absolute Gasteiger partial charge is 0.494 e. The van der Waals surface area contributed by atoms with E-state index in [1.54, 1.807) is 6.07 Å². The van der Waals surface area contributed by atoms with Crippen LogP contribution < -0.4 is 15.8 Å². The molecule has 0 spiro atoms. The molecule has 0 bridgehead atoms. The van der Waals surface area contributed by atoms with Crippen molar-refractivity contribution in [2.24, 2.45) is 0 Å². The van der Waals surface area contributed by atoms with Gasteiger partial charge < -0.3 is 20.9 Å². The quantitative estimate of drug-likeness (QED) is 0.748. The number of nitrogens with two attached hydrogens (primary N) is 1. The van der Waals surface area contributed by atoms with Gasteiger partial charge in [0.2, 0.25) is 0 Å². The van der Waals surface area contributed by atoms with Crippen LogP contribution in [0.25, 0.3) is 0 Å². The zero-order valence-corrected chi connectivity index (χ0v) is 10.7. The van der Waals surface area contributed by atoms with Gasteiger partial charge in [-0.15, -0.1) is 0 Å². The Labute approximate surface area is 114 Å². The number of nitrogen functional groups attached to an aromatic ring is 1. The van der Waals surface area contributed by atoms with E-state index in [4.69, 9.17) is 15.6 Å². The molecule has 2 aromatic rings. The topological polar surface area (TPSA) is 84.6 Å². The normalized spacial score (nSPS) is 10.1. The number of carboxylic acid groups (broad SMARTS) is 1. The van der Waals surface area contributed by atoms with Gasteiger partial charge in [-0.05, 0) is 30.3 Å². The van der Waals surface area contributed by atoms with E-state index >= 15 is 0 Å². The molecule has 0 radical (unpaired) electrons. The highest BCUT2D eigenvalue weighted by Crippen LogP contribution is 2.29. The van der Waals surface area contributed by atoms with Gasteiger partial charge in [-0.2, -0.15) is 0 Å². The van der Waals surface area contributed by atoms with E-state index in [2.05, 4.69) is 5.32 Å². The van der Waals surface area contributed by atoms with Gasteiger partial charge in [0.25, 0.3) is 0 Å². The minimum Gasteiger partial charge on any atom is -0.494 e. The van der Waals surface area contributed by atoms with Crippen molar-refractivity contribution in [3.05, 3.63) is 47.8 Å².